The fourth-order valence-corrected chi connectivity index (χ4v) is 4.09. The van der Waals surface area contributed by atoms with Crippen LogP contribution in [0.5, 0.6) is 0 Å². The van der Waals surface area contributed by atoms with Gasteiger partial charge in [0.25, 0.3) is 0 Å². The summed E-state index contributed by atoms with van der Waals surface area (Å²) < 4.78 is 0. The number of nitrogens with zero attached hydrogens (tertiary/aromatic N) is 2. The third-order valence-corrected chi connectivity index (χ3v) is 5.41. The van der Waals surface area contributed by atoms with Crippen LogP contribution in [0.3, 0.4) is 0 Å². The largest absolute Gasteiger partial charge is 0.351 e. The quantitative estimate of drug-likeness (QED) is 0.562. The highest BCUT2D eigenvalue weighted by atomic mass is 15.2. The first-order chi connectivity index (χ1) is 13.6. The molecular weight excluding hydrogens is 344 g/mol. The highest BCUT2D eigenvalue weighted by molar-refractivity contribution is 5.70. The normalized spacial score (nSPS) is 14.2. The zero-order chi connectivity index (χ0) is 19.5. The highest BCUT2D eigenvalue weighted by Gasteiger charge is 2.17. The molecule has 28 heavy (non-hydrogen) atoms. The lowest BCUT2D eigenvalue weighted by Crippen LogP contribution is -2.17. The second-order valence-electron chi connectivity index (χ2n) is 7.85. The summed E-state index contributed by atoms with van der Waals surface area (Å²) in [4.78, 5) is 9.59. The maximum Gasteiger partial charge on any atom is 0.225 e. The number of rotatable bonds is 5. The van der Waals surface area contributed by atoms with E-state index < -0.39 is 0 Å². The van der Waals surface area contributed by atoms with E-state index in [9.17, 15) is 0 Å². The molecule has 0 unspecified atom stereocenters. The molecule has 1 aliphatic rings. The summed E-state index contributed by atoms with van der Waals surface area (Å²) >= 11 is 0. The van der Waals surface area contributed by atoms with Crippen LogP contribution in [0.2, 0.25) is 0 Å². The summed E-state index contributed by atoms with van der Waals surface area (Å²) in [7, 11) is 0. The second-order valence-corrected chi connectivity index (χ2v) is 7.85. The number of nitrogens with one attached hydrogen (secondary N) is 2. The Hall–Kier alpha value is -2.88. The van der Waals surface area contributed by atoms with Crippen molar-refractivity contribution in [2.45, 2.75) is 52.5 Å². The molecule has 4 heteroatoms. The smallest absolute Gasteiger partial charge is 0.225 e. The topological polar surface area (TPSA) is 49.8 Å². The van der Waals surface area contributed by atoms with Gasteiger partial charge in [0.15, 0.2) is 0 Å². The van der Waals surface area contributed by atoms with E-state index >= 15 is 0 Å². The van der Waals surface area contributed by atoms with E-state index in [0.717, 1.165) is 22.8 Å². The molecule has 0 spiro atoms. The lowest BCUT2D eigenvalue weighted by Gasteiger charge is -2.17. The Morgan fingerprint density at radius 3 is 2.21 bits per heavy atom. The van der Waals surface area contributed by atoms with E-state index in [-0.39, 0.29) is 0 Å². The molecule has 3 aromatic rings. The van der Waals surface area contributed by atoms with Crippen LogP contribution in [-0.4, -0.2) is 16.0 Å². The molecule has 1 aliphatic carbocycles. The molecule has 0 saturated heterocycles. The predicted molar refractivity (Wildman–Crippen MR) is 117 cm³/mol. The minimum Gasteiger partial charge on any atom is -0.351 e. The monoisotopic (exact) mass is 372 g/mol. The first kappa shape index (κ1) is 18.5. The molecule has 1 heterocycles. The van der Waals surface area contributed by atoms with Crippen LogP contribution >= 0.6 is 0 Å². The standard InChI is InChI=1S/C24H28N4/c1-16-13-17(2)23(18(3)14-16)27-22-15-21(19-9-5-4-6-10-19)26-24(28-22)25-20-11-7-8-12-20/h4-6,9-10,13-15,20H,7-8,11-12H2,1-3H3,(H2,25,26,27,28). The number of anilines is 3. The molecule has 1 saturated carbocycles. The summed E-state index contributed by atoms with van der Waals surface area (Å²) in [6.07, 6.45) is 4.95. The lowest BCUT2D eigenvalue weighted by molar-refractivity contribution is 0.744. The first-order valence-electron chi connectivity index (χ1n) is 10.1. The summed E-state index contributed by atoms with van der Waals surface area (Å²) in [5.41, 5.74) is 6.87. The number of aromatic nitrogens is 2. The van der Waals surface area contributed by atoms with Gasteiger partial charge >= 0.3 is 0 Å². The average molecular weight is 373 g/mol. The van der Waals surface area contributed by atoms with Gasteiger partial charge < -0.3 is 10.6 Å². The van der Waals surface area contributed by atoms with E-state index in [2.05, 4.69) is 55.7 Å². The number of aryl methyl sites for hydroxylation is 3. The van der Waals surface area contributed by atoms with Gasteiger partial charge in [-0.05, 0) is 44.7 Å². The minimum absolute atomic E-state index is 0.474. The van der Waals surface area contributed by atoms with E-state index in [4.69, 9.17) is 9.97 Å². The van der Waals surface area contributed by atoms with Crippen molar-refractivity contribution < 1.29 is 0 Å². The van der Waals surface area contributed by atoms with Gasteiger partial charge in [-0.2, -0.15) is 4.98 Å². The van der Waals surface area contributed by atoms with Crippen LogP contribution in [0, 0.1) is 20.8 Å². The zero-order valence-electron chi connectivity index (χ0n) is 16.9. The van der Waals surface area contributed by atoms with Crippen molar-refractivity contribution in [2.75, 3.05) is 10.6 Å². The molecule has 0 aliphatic heterocycles. The van der Waals surface area contributed by atoms with Crippen molar-refractivity contribution in [2.24, 2.45) is 0 Å². The molecule has 4 nitrogen and oxygen atoms in total. The third kappa shape index (κ3) is 4.16. The third-order valence-electron chi connectivity index (χ3n) is 5.41. The van der Waals surface area contributed by atoms with Crippen LogP contribution in [0.1, 0.15) is 42.4 Å². The molecule has 0 bridgehead atoms. The molecule has 4 rings (SSSR count). The van der Waals surface area contributed by atoms with Crippen molar-refractivity contribution in [3.8, 4) is 11.3 Å². The molecule has 2 N–H and O–H groups in total. The Balaban J connectivity index is 1.71. The molecule has 144 valence electrons. The van der Waals surface area contributed by atoms with Crippen molar-refractivity contribution in [3.63, 3.8) is 0 Å². The maximum absolute atomic E-state index is 4.81. The molecule has 0 radical (unpaired) electrons. The molecular formula is C24H28N4. The summed E-state index contributed by atoms with van der Waals surface area (Å²) in [6.45, 7) is 6.41. The Morgan fingerprint density at radius 2 is 1.54 bits per heavy atom. The van der Waals surface area contributed by atoms with Crippen LogP contribution < -0.4 is 10.6 Å². The highest BCUT2D eigenvalue weighted by Crippen LogP contribution is 2.29. The van der Waals surface area contributed by atoms with E-state index in [1.807, 2.05) is 24.3 Å². The van der Waals surface area contributed by atoms with Crippen molar-refractivity contribution >= 4 is 17.5 Å². The van der Waals surface area contributed by atoms with Crippen LogP contribution in [0.4, 0.5) is 17.5 Å². The number of benzene rings is 2. The maximum atomic E-state index is 4.81. The van der Waals surface area contributed by atoms with Crippen LogP contribution in [-0.2, 0) is 0 Å². The van der Waals surface area contributed by atoms with Gasteiger partial charge in [-0.1, -0.05) is 60.9 Å². The fraction of sp³-hybridized carbons (Fsp3) is 0.333. The predicted octanol–water partition coefficient (Wildman–Crippen LogP) is 6.17. The Labute approximate surface area is 167 Å². The molecule has 1 fully saturated rings. The SMILES string of the molecule is Cc1cc(C)c(Nc2cc(-c3ccccc3)nc(NC3CCCC3)n2)c(C)c1. The number of hydrogen-bond acceptors (Lipinski definition) is 4. The average Bonchev–Trinajstić information content (AvgIpc) is 3.18. The number of hydrogen-bond donors (Lipinski definition) is 2. The van der Waals surface area contributed by atoms with E-state index in [0.29, 0.717) is 12.0 Å². The lowest BCUT2D eigenvalue weighted by atomic mass is 10.1. The van der Waals surface area contributed by atoms with Gasteiger partial charge in [0.1, 0.15) is 5.82 Å². The van der Waals surface area contributed by atoms with Gasteiger partial charge in [-0.25, -0.2) is 4.98 Å². The van der Waals surface area contributed by atoms with Crippen LogP contribution in [0.25, 0.3) is 11.3 Å². The Kier molecular flexibility index (Phi) is 5.29. The molecule has 1 aromatic heterocycles. The Bertz CT molecular complexity index is 937. The van der Waals surface area contributed by atoms with Gasteiger partial charge in [0.05, 0.1) is 5.69 Å². The summed E-state index contributed by atoms with van der Waals surface area (Å²) in [6, 6.07) is 17.2. The van der Waals surface area contributed by atoms with E-state index in [1.54, 1.807) is 0 Å². The van der Waals surface area contributed by atoms with Gasteiger partial charge in [0.2, 0.25) is 5.95 Å². The zero-order valence-corrected chi connectivity index (χ0v) is 16.9. The fourth-order valence-electron chi connectivity index (χ4n) is 4.09. The summed E-state index contributed by atoms with van der Waals surface area (Å²) in [5.74, 6) is 1.53. The molecule has 0 atom stereocenters. The Morgan fingerprint density at radius 1 is 0.857 bits per heavy atom. The van der Waals surface area contributed by atoms with Gasteiger partial charge in [0, 0.05) is 23.4 Å². The van der Waals surface area contributed by atoms with Crippen molar-refractivity contribution in [1.29, 1.82) is 0 Å². The van der Waals surface area contributed by atoms with Gasteiger partial charge in [-0.15, -0.1) is 0 Å². The molecule has 0 amide bonds. The molecule has 2 aromatic carbocycles. The van der Waals surface area contributed by atoms with Crippen molar-refractivity contribution in [3.05, 3.63) is 65.2 Å². The second kappa shape index (κ2) is 8.01. The van der Waals surface area contributed by atoms with Crippen molar-refractivity contribution in [1.82, 2.24) is 9.97 Å². The minimum atomic E-state index is 0.474. The van der Waals surface area contributed by atoms with E-state index in [1.165, 1.54) is 42.4 Å². The first-order valence-corrected chi connectivity index (χ1v) is 10.1. The van der Waals surface area contributed by atoms with Crippen LogP contribution in [0.15, 0.2) is 48.5 Å². The van der Waals surface area contributed by atoms with Gasteiger partial charge in [-0.3, -0.25) is 0 Å². The summed E-state index contributed by atoms with van der Waals surface area (Å²) in [5, 5.41) is 7.11.